The van der Waals surface area contributed by atoms with Crippen LogP contribution < -0.4 is 0 Å². The Morgan fingerprint density at radius 1 is 1.07 bits per heavy atom. The summed E-state index contributed by atoms with van der Waals surface area (Å²) in [6.45, 7) is 0. The molecule has 0 saturated heterocycles. The first-order valence-electron chi connectivity index (χ1n) is 8.79. The van der Waals surface area contributed by atoms with Gasteiger partial charge in [-0.05, 0) is 24.3 Å². The van der Waals surface area contributed by atoms with Crippen molar-refractivity contribution in [3.63, 3.8) is 0 Å². The molecular weight excluding hydrogens is 369 g/mol. The van der Waals surface area contributed by atoms with Crippen molar-refractivity contribution in [2.45, 2.75) is 0 Å². The number of aliphatic imine (C=N–C) groups is 1. The van der Waals surface area contributed by atoms with E-state index in [1.54, 1.807) is 23.4 Å². The zero-order chi connectivity index (χ0) is 20.4. The molecule has 0 aliphatic heterocycles. The standard InChI is InChI=1S/C21H16FN7/c1-28(2)13-24-20-15(11-23)12-25-29(20)21-18-6-4-3-5-17(18)19(26-27-21)14-7-9-16(22)10-8-14/h3-10,12-13H,1-2H3/b24-13+. The lowest BCUT2D eigenvalue weighted by atomic mass is 10.0. The Balaban J connectivity index is 1.94. The van der Waals surface area contributed by atoms with Crippen LogP contribution in [0.5, 0.6) is 0 Å². The fraction of sp³-hybridized carbons (Fsp3) is 0.0952. The molecule has 2 heterocycles. The van der Waals surface area contributed by atoms with E-state index in [0.717, 1.165) is 16.3 Å². The van der Waals surface area contributed by atoms with E-state index in [2.05, 4.69) is 26.4 Å². The Bertz CT molecular complexity index is 1250. The summed E-state index contributed by atoms with van der Waals surface area (Å²) in [5.74, 6) is 0.514. The molecule has 0 spiro atoms. The van der Waals surface area contributed by atoms with E-state index in [1.165, 1.54) is 23.0 Å². The zero-order valence-corrected chi connectivity index (χ0v) is 15.8. The van der Waals surface area contributed by atoms with E-state index < -0.39 is 0 Å². The number of benzene rings is 2. The quantitative estimate of drug-likeness (QED) is 0.395. The number of hydrogen-bond acceptors (Lipinski definition) is 5. The number of hydrogen-bond donors (Lipinski definition) is 0. The van der Waals surface area contributed by atoms with Crippen LogP contribution in [-0.2, 0) is 0 Å². The maximum absolute atomic E-state index is 13.3. The van der Waals surface area contributed by atoms with Crippen molar-refractivity contribution < 1.29 is 4.39 Å². The van der Waals surface area contributed by atoms with Gasteiger partial charge < -0.3 is 4.90 Å². The minimum absolute atomic E-state index is 0.313. The van der Waals surface area contributed by atoms with Crippen LogP contribution in [0.2, 0.25) is 0 Å². The first-order chi connectivity index (χ1) is 14.1. The van der Waals surface area contributed by atoms with Crippen molar-refractivity contribution in [2.24, 2.45) is 4.99 Å². The Hall–Kier alpha value is -4.12. The summed E-state index contributed by atoms with van der Waals surface area (Å²) >= 11 is 0. The van der Waals surface area contributed by atoms with E-state index in [1.807, 2.05) is 38.4 Å². The molecule has 0 atom stereocenters. The Labute approximate surface area is 166 Å². The summed E-state index contributed by atoms with van der Waals surface area (Å²) in [5.41, 5.74) is 1.72. The van der Waals surface area contributed by atoms with Gasteiger partial charge in [0.05, 0.1) is 12.5 Å². The molecule has 2 aromatic carbocycles. The molecule has 4 rings (SSSR count). The van der Waals surface area contributed by atoms with Gasteiger partial charge >= 0.3 is 0 Å². The average molecular weight is 385 g/mol. The van der Waals surface area contributed by atoms with Crippen LogP contribution in [0, 0.1) is 17.1 Å². The molecule has 0 N–H and O–H groups in total. The van der Waals surface area contributed by atoms with Gasteiger partial charge in [-0.15, -0.1) is 10.2 Å². The van der Waals surface area contributed by atoms with Crippen LogP contribution in [0.15, 0.2) is 59.7 Å². The van der Waals surface area contributed by atoms with Crippen LogP contribution in [0.4, 0.5) is 10.2 Å². The average Bonchev–Trinajstić information content (AvgIpc) is 3.15. The van der Waals surface area contributed by atoms with Crippen molar-refractivity contribution >= 4 is 22.9 Å². The molecule has 0 saturated carbocycles. The van der Waals surface area contributed by atoms with Gasteiger partial charge in [0.25, 0.3) is 0 Å². The predicted molar refractivity (Wildman–Crippen MR) is 109 cm³/mol. The highest BCUT2D eigenvalue weighted by molar-refractivity contribution is 5.98. The van der Waals surface area contributed by atoms with Gasteiger partial charge in [-0.2, -0.15) is 15.0 Å². The van der Waals surface area contributed by atoms with Gasteiger partial charge in [-0.1, -0.05) is 24.3 Å². The normalized spacial score (nSPS) is 11.1. The van der Waals surface area contributed by atoms with Crippen molar-refractivity contribution in [3.05, 3.63) is 66.1 Å². The molecule has 2 aromatic heterocycles. The molecule has 0 unspecified atom stereocenters. The van der Waals surface area contributed by atoms with Crippen LogP contribution in [0.3, 0.4) is 0 Å². The number of fused-ring (bicyclic) bond motifs is 1. The number of nitriles is 1. The van der Waals surface area contributed by atoms with Gasteiger partial charge in [0.1, 0.15) is 23.1 Å². The first kappa shape index (κ1) is 18.3. The second-order valence-corrected chi connectivity index (χ2v) is 6.54. The van der Waals surface area contributed by atoms with E-state index in [0.29, 0.717) is 22.9 Å². The van der Waals surface area contributed by atoms with E-state index in [9.17, 15) is 9.65 Å². The maximum Gasteiger partial charge on any atom is 0.185 e. The predicted octanol–water partition coefficient (Wildman–Crippen LogP) is 3.71. The maximum atomic E-state index is 13.3. The lowest BCUT2D eigenvalue weighted by Crippen LogP contribution is -2.08. The second kappa shape index (κ2) is 7.48. The highest BCUT2D eigenvalue weighted by Crippen LogP contribution is 2.31. The van der Waals surface area contributed by atoms with Crippen LogP contribution in [0.25, 0.3) is 27.8 Å². The van der Waals surface area contributed by atoms with Crippen molar-refractivity contribution in [3.8, 4) is 23.1 Å². The summed E-state index contributed by atoms with van der Waals surface area (Å²) in [5, 5.41) is 24.1. The summed E-state index contributed by atoms with van der Waals surface area (Å²) in [4.78, 5) is 6.14. The smallest absolute Gasteiger partial charge is 0.185 e. The third-order valence-electron chi connectivity index (χ3n) is 4.26. The number of nitrogens with zero attached hydrogens (tertiary/aromatic N) is 7. The number of rotatable bonds is 4. The van der Waals surface area contributed by atoms with Gasteiger partial charge in [0.15, 0.2) is 11.6 Å². The molecule has 8 heteroatoms. The highest BCUT2D eigenvalue weighted by atomic mass is 19.1. The van der Waals surface area contributed by atoms with E-state index in [-0.39, 0.29) is 5.82 Å². The molecule has 29 heavy (non-hydrogen) atoms. The zero-order valence-electron chi connectivity index (χ0n) is 15.8. The lowest BCUT2D eigenvalue weighted by molar-refractivity contribution is 0.628. The minimum atomic E-state index is -0.313. The lowest BCUT2D eigenvalue weighted by Gasteiger charge is -2.11. The molecule has 0 amide bonds. The third kappa shape index (κ3) is 3.41. The van der Waals surface area contributed by atoms with Gasteiger partial charge in [0, 0.05) is 30.4 Å². The summed E-state index contributed by atoms with van der Waals surface area (Å²) in [7, 11) is 3.67. The largest absolute Gasteiger partial charge is 0.369 e. The minimum Gasteiger partial charge on any atom is -0.369 e. The van der Waals surface area contributed by atoms with Crippen LogP contribution in [-0.4, -0.2) is 45.3 Å². The highest BCUT2D eigenvalue weighted by Gasteiger charge is 2.17. The molecule has 7 nitrogen and oxygen atoms in total. The molecule has 142 valence electrons. The summed E-state index contributed by atoms with van der Waals surface area (Å²) in [6.07, 6.45) is 3.05. The van der Waals surface area contributed by atoms with Crippen LogP contribution in [0.1, 0.15) is 5.56 Å². The molecular formula is C21H16FN7. The van der Waals surface area contributed by atoms with Crippen molar-refractivity contribution in [1.29, 1.82) is 5.26 Å². The Morgan fingerprint density at radius 3 is 2.48 bits per heavy atom. The summed E-state index contributed by atoms with van der Waals surface area (Å²) < 4.78 is 14.8. The second-order valence-electron chi connectivity index (χ2n) is 6.54. The molecule has 4 aromatic rings. The monoisotopic (exact) mass is 385 g/mol. The van der Waals surface area contributed by atoms with E-state index in [4.69, 9.17) is 0 Å². The molecule has 0 fully saturated rings. The van der Waals surface area contributed by atoms with E-state index >= 15 is 0 Å². The summed E-state index contributed by atoms with van der Waals surface area (Å²) in [6, 6.07) is 15.8. The van der Waals surface area contributed by atoms with Gasteiger partial charge in [-0.3, -0.25) is 0 Å². The van der Waals surface area contributed by atoms with Crippen molar-refractivity contribution in [2.75, 3.05) is 14.1 Å². The van der Waals surface area contributed by atoms with Crippen LogP contribution >= 0.6 is 0 Å². The third-order valence-corrected chi connectivity index (χ3v) is 4.26. The van der Waals surface area contributed by atoms with Crippen molar-refractivity contribution in [1.82, 2.24) is 24.9 Å². The molecule has 0 aliphatic carbocycles. The molecule has 0 bridgehead atoms. The SMILES string of the molecule is CN(C)/C=N/c1c(C#N)cnn1-c1nnc(-c2ccc(F)cc2)c2ccccc12. The fourth-order valence-electron chi connectivity index (χ4n) is 2.94. The molecule has 0 aliphatic rings. The Kier molecular flexibility index (Phi) is 4.71. The molecule has 0 radical (unpaired) electrons. The number of halogens is 1. The Morgan fingerprint density at radius 2 is 1.79 bits per heavy atom. The number of aromatic nitrogens is 4. The van der Waals surface area contributed by atoms with Gasteiger partial charge in [0.2, 0.25) is 0 Å². The van der Waals surface area contributed by atoms with Gasteiger partial charge in [-0.25, -0.2) is 9.38 Å². The topological polar surface area (TPSA) is 83.0 Å². The first-order valence-corrected chi connectivity index (χ1v) is 8.79. The fourth-order valence-corrected chi connectivity index (χ4v) is 2.94.